The highest BCUT2D eigenvalue weighted by Crippen LogP contribution is 2.41. The Morgan fingerprint density at radius 1 is 0.618 bits per heavy atom. The number of hydrogen-bond acceptors (Lipinski definition) is 7. The maximum absolute atomic E-state index is 12.9. The molecule has 0 amide bonds. The number of pyridine rings is 1. The van der Waals surface area contributed by atoms with E-state index in [2.05, 4.69) is 18.8 Å². The molecule has 0 radical (unpaired) electrons. The predicted molar refractivity (Wildman–Crippen MR) is 251 cm³/mol. The van der Waals surface area contributed by atoms with Crippen molar-refractivity contribution >= 4 is 23.7 Å². The topological polar surface area (TPSA) is 115 Å². The Balaban J connectivity index is 0.000000254. The Kier molecular flexibility index (Phi) is 18.9. The molecule has 0 aliphatic heterocycles. The SMILES string of the molecule is CCCC[C@H](Oc1ccc(OCC(=O)O)c(C)c1)c1cccc(-c2ccc(C(F)(F)F)cc2)n1.CCCC[C@H](Sc1ccc(OCC(=O)O)c(C)c1)c1ccc(-c2ccc(C(F)(F)F)cc2)cc1. The van der Waals surface area contributed by atoms with Crippen molar-refractivity contribution in [1.29, 1.82) is 0 Å². The quantitative estimate of drug-likeness (QED) is 0.0570. The van der Waals surface area contributed by atoms with Crippen LogP contribution in [0.15, 0.2) is 132 Å². The Morgan fingerprint density at radius 3 is 1.62 bits per heavy atom. The van der Waals surface area contributed by atoms with Gasteiger partial charge in [-0.05, 0) is 134 Å². The smallest absolute Gasteiger partial charge is 0.416 e. The van der Waals surface area contributed by atoms with Crippen LogP contribution in [0.1, 0.15) is 97.2 Å². The van der Waals surface area contributed by atoms with Crippen LogP contribution in [0.4, 0.5) is 26.3 Å². The molecule has 15 heteroatoms. The molecule has 0 spiro atoms. The lowest BCUT2D eigenvalue weighted by atomic mass is 10.00. The van der Waals surface area contributed by atoms with Crippen molar-refractivity contribution in [3.8, 4) is 39.6 Å². The number of halogens is 6. The fourth-order valence-corrected chi connectivity index (χ4v) is 8.32. The zero-order chi connectivity index (χ0) is 49.4. The molecule has 0 aliphatic rings. The number of hydrogen-bond donors (Lipinski definition) is 2. The van der Waals surface area contributed by atoms with Gasteiger partial charge in [0.2, 0.25) is 0 Å². The molecule has 68 heavy (non-hydrogen) atoms. The number of aromatic nitrogens is 1. The van der Waals surface area contributed by atoms with E-state index in [4.69, 9.17) is 24.4 Å². The lowest BCUT2D eigenvalue weighted by Crippen LogP contribution is -2.11. The molecular formula is C53H53F6NO7S. The van der Waals surface area contributed by atoms with Gasteiger partial charge in [0.05, 0.1) is 22.5 Å². The summed E-state index contributed by atoms with van der Waals surface area (Å²) in [5, 5.41) is 17.8. The summed E-state index contributed by atoms with van der Waals surface area (Å²) < 4.78 is 94.0. The minimum atomic E-state index is -4.39. The largest absolute Gasteiger partial charge is 0.484 e. The number of carbonyl (C=O) groups is 2. The highest BCUT2D eigenvalue weighted by Gasteiger charge is 2.31. The fourth-order valence-electron chi connectivity index (χ4n) is 7.03. The molecule has 6 aromatic rings. The van der Waals surface area contributed by atoms with Gasteiger partial charge in [0.15, 0.2) is 13.2 Å². The Hall–Kier alpha value is -6.48. The molecule has 0 fully saturated rings. The molecule has 0 saturated carbocycles. The van der Waals surface area contributed by atoms with E-state index in [-0.39, 0.29) is 18.0 Å². The maximum atomic E-state index is 12.9. The van der Waals surface area contributed by atoms with Crippen molar-refractivity contribution in [3.05, 3.63) is 161 Å². The van der Waals surface area contributed by atoms with Crippen LogP contribution in [0.25, 0.3) is 22.4 Å². The first kappa shape index (κ1) is 52.5. The van der Waals surface area contributed by atoms with Gasteiger partial charge in [-0.1, -0.05) is 87.7 Å². The number of unbranched alkanes of at least 4 members (excludes halogenated alkanes) is 2. The van der Waals surface area contributed by atoms with E-state index in [0.717, 1.165) is 89.1 Å². The second kappa shape index (κ2) is 24.5. The van der Waals surface area contributed by atoms with Gasteiger partial charge >= 0.3 is 24.3 Å². The second-order valence-corrected chi connectivity index (χ2v) is 17.2. The number of aliphatic carboxylic acids is 2. The average Bonchev–Trinajstić information content (AvgIpc) is 3.31. The van der Waals surface area contributed by atoms with Gasteiger partial charge in [-0.3, -0.25) is 0 Å². The first-order chi connectivity index (χ1) is 32.3. The number of aryl methyl sites for hydroxylation is 2. The van der Waals surface area contributed by atoms with E-state index in [1.807, 2.05) is 55.5 Å². The third kappa shape index (κ3) is 15.8. The molecule has 0 saturated heterocycles. The predicted octanol–water partition coefficient (Wildman–Crippen LogP) is 15.0. The number of benzene rings is 5. The highest BCUT2D eigenvalue weighted by molar-refractivity contribution is 7.99. The number of carboxylic acid groups (broad SMARTS) is 2. The summed E-state index contributed by atoms with van der Waals surface area (Å²) in [5.41, 5.74) is 4.83. The molecule has 1 heterocycles. The van der Waals surface area contributed by atoms with Crippen molar-refractivity contribution in [2.45, 2.75) is 94.8 Å². The molecule has 5 aromatic carbocycles. The van der Waals surface area contributed by atoms with Crippen LogP contribution in [0, 0.1) is 13.8 Å². The molecule has 360 valence electrons. The molecular weight excluding hydrogens is 909 g/mol. The number of nitrogens with zero attached hydrogens (tertiary/aromatic N) is 1. The first-order valence-corrected chi connectivity index (χ1v) is 22.9. The molecule has 0 aliphatic carbocycles. The number of rotatable bonds is 20. The van der Waals surface area contributed by atoms with Crippen molar-refractivity contribution in [1.82, 2.24) is 4.98 Å². The van der Waals surface area contributed by atoms with Crippen molar-refractivity contribution < 1.29 is 60.4 Å². The monoisotopic (exact) mass is 961 g/mol. The molecule has 8 nitrogen and oxygen atoms in total. The standard InChI is InChI=1S/C27H27F3O3S.C26H26F3NO4/c1-3-4-5-25(34-23-14-15-24(18(2)16-23)33-17-26(31)32)21-8-6-19(7-9-21)20-10-12-22(13-11-20)27(28,29)30;1-3-4-8-24(34-20-13-14-23(17(2)15-20)33-16-25(31)32)22-7-5-6-21(30-22)18-9-11-19(12-10-18)26(27,28)29/h6-16,25H,3-5,17H2,1-2H3,(H,31,32);5-7,9-15,24H,3-4,8,16H2,1-2H3,(H,31,32)/t25-;24-/m00/s1. The Labute approximate surface area is 396 Å². The van der Waals surface area contributed by atoms with Crippen LogP contribution in [0.5, 0.6) is 17.2 Å². The number of alkyl halides is 6. The van der Waals surface area contributed by atoms with Gasteiger partial charge in [-0.15, -0.1) is 11.8 Å². The third-order valence-corrected chi connectivity index (χ3v) is 11.9. The van der Waals surface area contributed by atoms with Crippen LogP contribution >= 0.6 is 11.8 Å². The lowest BCUT2D eigenvalue weighted by Gasteiger charge is -2.20. The van der Waals surface area contributed by atoms with E-state index in [1.165, 1.54) is 24.3 Å². The van der Waals surface area contributed by atoms with Gasteiger partial charge in [-0.25, -0.2) is 14.6 Å². The van der Waals surface area contributed by atoms with Gasteiger partial charge in [0.1, 0.15) is 23.4 Å². The summed E-state index contributed by atoms with van der Waals surface area (Å²) in [7, 11) is 0. The summed E-state index contributed by atoms with van der Waals surface area (Å²) in [6, 6.07) is 34.4. The number of ether oxygens (including phenoxy) is 3. The minimum absolute atomic E-state index is 0.215. The fraction of sp³-hybridized carbons (Fsp3) is 0.302. The summed E-state index contributed by atoms with van der Waals surface area (Å²) in [4.78, 5) is 27.2. The molecule has 0 unspecified atom stereocenters. The molecule has 2 atom stereocenters. The Bertz CT molecular complexity index is 2570. The minimum Gasteiger partial charge on any atom is -0.484 e. The number of carboxylic acids is 2. The van der Waals surface area contributed by atoms with Crippen LogP contribution in [0.3, 0.4) is 0 Å². The van der Waals surface area contributed by atoms with Gasteiger partial charge in [-0.2, -0.15) is 26.3 Å². The highest BCUT2D eigenvalue weighted by atomic mass is 32.2. The number of thioether (sulfide) groups is 1. The van der Waals surface area contributed by atoms with E-state index >= 15 is 0 Å². The normalized spacial score (nSPS) is 12.3. The van der Waals surface area contributed by atoms with Gasteiger partial charge < -0.3 is 24.4 Å². The maximum Gasteiger partial charge on any atom is 0.416 e. The van der Waals surface area contributed by atoms with Crippen LogP contribution in [-0.4, -0.2) is 40.3 Å². The molecule has 0 bridgehead atoms. The first-order valence-electron chi connectivity index (χ1n) is 22.0. The van der Waals surface area contributed by atoms with Crippen molar-refractivity contribution in [3.63, 3.8) is 0 Å². The van der Waals surface area contributed by atoms with E-state index in [9.17, 15) is 35.9 Å². The molecule has 6 rings (SSSR count). The average molecular weight is 962 g/mol. The van der Waals surface area contributed by atoms with Gasteiger partial charge in [0.25, 0.3) is 0 Å². The second-order valence-electron chi connectivity index (χ2n) is 15.9. The van der Waals surface area contributed by atoms with E-state index < -0.39 is 42.0 Å². The molecule has 1 aromatic heterocycles. The third-order valence-electron chi connectivity index (χ3n) is 10.6. The Morgan fingerprint density at radius 2 is 1.12 bits per heavy atom. The summed E-state index contributed by atoms with van der Waals surface area (Å²) in [6.07, 6.45) is -3.41. The molecule has 2 N–H and O–H groups in total. The summed E-state index contributed by atoms with van der Waals surface area (Å²) in [5.74, 6) is -0.473. The van der Waals surface area contributed by atoms with E-state index in [1.54, 1.807) is 49.0 Å². The van der Waals surface area contributed by atoms with Crippen molar-refractivity contribution in [2.24, 2.45) is 0 Å². The zero-order valence-corrected chi connectivity index (χ0v) is 38.8. The lowest BCUT2D eigenvalue weighted by molar-refractivity contribution is -0.140. The van der Waals surface area contributed by atoms with E-state index in [0.29, 0.717) is 40.6 Å². The van der Waals surface area contributed by atoms with Gasteiger partial charge in [0, 0.05) is 15.7 Å². The van der Waals surface area contributed by atoms with Crippen LogP contribution in [-0.2, 0) is 21.9 Å². The summed E-state index contributed by atoms with van der Waals surface area (Å²) in [6.45, 7) is 7.10. The summed E-state index contributed by atoms with van der Waals surface area (Å²) >= 11 is 1.74. The zero-order valence-electron chi connectivity index (χ0n) is 38.0. The van der Waals surface area contributed by atoms with Crippen molar-refractivity contribution in [2.75, 3.05) is 13.2 Å². The van der Waals surface area contributed by atoms with Crippen LogP contribution in [0.2, 0.25) is 0 Å². The van der Waals surface area contributed by atoms with Crippen LogP contribution < -0.4 is 14.2 Å².